The fraction of sp³-hybridized carbons (Fsp3) is 0.269. The van der Waals surface area contributed by atoms with Crippen molar-refractivity contribution in [3.05, 3.63) is 77.6 Å². The molecule has 0 N–H and O–H groups in total. The van der Waals surface area contributed by atoms with E-state index in [9.17, 15) is 4.79 Å². The van der Waals surface area contributed by atoms with Crippen LogP contribution >= 0.6 is 11.8 Å². The summed E-state index contributed by atoms with van der Waals surface area (Å²) in [7, 11) is 4.07. The number of carbonyl (C=O) groups is 1. The summed E-state index contributed by atoms with van der Waals surface area (Å²) in [6.07, 6.45) is 4.30. The molecular weight excluding hydrogens is 460 g/mol. The average molecular weight is 487 g/mol. The van der Waals surface area contributed by atoms with Crippen LogP contribution in [0.15, 0.2) is 66.0 Å². The molecule has 0 radical (unpaired) electrons. The molecule has 2 aromatic carbocycles. The number of nitrogens with zero attached hydrogens (tertiary/aromatic N) is 6. The van der Waals surface area contributed by atoms with Gasteiger partial charge in [-0.1, -0.05) is 42.1 Å². The smallest absolute Gasteiger partial charge is 0.302 e. The number of carbonyl (C=O) groups excluding carboxylic acids is 1. The molecule has 0 bridgehead atoms. The van der Waals surface area contributed by atoms with E-state index < -0.39 is 0 Å². The lowest BCUT2D eigenvalue weighted by atomic mass is 10.1. The summed E-state index contributed by atoms with van der Waals surface area (Å²) in [5, 5.41) is 15.0. The second kappa shape index (κ2) is 11.6. The molecule has 0 aliphatic carbocycles. The van der Waals surface area contributed by atoms with Gasteiger partial charge in [0, 0.05) is 17.9 Å². The van der Waals surface area contributed by atoms with E-state index in [-0.39, 0.29) is 5.24 Å². The molecule has 0 fully saturated rings. The monoisotopic (exact) mass is 486 g/mol. The molecule has 35 heavy (non-hydrogen) atoms. The maximum absolute atomic E-state index is 12.5. The molecule has 1 amide bonds. The minimum atomic E-state index is -0.0974. The molecule has 9 heteroatoms. The van der Waals surface area contributed by atoms with E-state index in [1.54, 1.807) is 24.5 Å². The number of thioether (sulfide) groups is 1. The largest absolute Gasteiger partial charge is 0.490 e. The highest BCUT2D eigenvalue weighted by molar-refractivity contribution is 8.14. The predicted molar refractivity (Wildman–Crippen MR) is 137 cm³/mol. The van der Waals surface area contributed by atoms with Gasteiger partial charge in [-0.15, -0.1) is 0 Å². The fourth-order valence-electron chi connectivity index (χ4n) is 3.49. The lowest BCUT2D eigenvalue weighted by Crippen LogP contribution is -2.29. The van der Waals surface area contributed by atoms with E-state index in [0.29, 0.717) is 36.0 Å². The molecule has 0 saturated heterocycles. The molecule has 2 heterocycles. The van der Waals surface area contributed by atoms with E-state index in [1.807, 2.05) is 50.5 Å². The minimum absolute atomic E-state index is 0.0974. The van der Waals surface area contributed by atoms with Crippen LogP contribution in [0.3, 0.4) is 0 Å². The summed E-state index contributed by atoms with van der Waals surface area (Å²) in [6.45, 7) is 1.92. The van der Waals surface area contributed by atoms with Crippen molar-refractivity contribution >= 4 is 22.7 Å². The van der Waals surface area contributed by atoms with Gasteiger partial charge in [0.2, 0.25) is 0 Å². The first-order valence-electron chi connectivity index (χ1n) is 11.2. The number of ether oxygens (including phenoxy) is 1. The lowest BCUT2D eigenvalue weighted by Gasteiger charge is -2.23. The first-order valence-corrected chi connectivity index (χ1v) is 12.2. The summed E-state index contributed by atoms with van der Waals surface area (Å²) in [6, 6.07) is 17.1. The van der Waals surface area contributed by atoms with Gasteiger partial charge in [0.15, 0.2) is 11.6 Å². The Morgan fingerprint density at radius 3 is 2.60 bits per heavy atom. The Kier molecular flexibility index (Phi) is 8.08. The molecule has 3 aromatic rings. The van der Waals surface area contributed by atoms with Crippen LogP contribution in [0.4, 0.5) is 4.79 Å². The van der Waals surface area contributed by atoms with Crippen molar-refractivity contribution in [3.8, 4) is 23.2 Å². The Hall–Kier alpha value is -3.74. The molecule has 0 spiro atoms. The summed E-state index contributed by atoms with van der Waals surface area (Å²) < 4.78 is 5.71. The van der Waals surface area contributed by atoms with Gasteiger partial charge >= 0.3 is 5.24 Å². The van der Waals surface area contributed by atoms with Gasteiger partial charge in [-0.25, -0.2) is 15.0 Å². The highest BCUT2D eigenvalue weighted by atomic mass is 32.2. The Morgan fingerprint density at radius 2 is 1.89 bits per heavy atom. The molecule has 0 saturated carbocycles. The van der Waals surface area contributed by atoms with Crippen LogP contribution in [0.2, 0.25) is 0 Å². The first-order chi connectivity index (χ1) is 17.0. The molecular formula is C26H26N6O2S. The van der Waals surface area contributed by atoms with Gasteiger partial charge in [-0.3, -0.25) is 4.79 Å². The summed E-state index contributed by atoms with van der Waals surface area (Å²) >= 11 is 1.22. The number of benzene rings is 2. The number of hydrogen-bond acceptors (Lipinski definition) is 8. The first kappa shape index (κ1) is 24.4. The maximum Gasteiger partial charge on any atom is 0.302 e. The number of hydrazone groups is 1. The zero-order valence-electron chi connectivity index (χ0n) is 19.7. The quantitative estimate of drug-likeness (QED) is 0.413. The molecule has 1 aromatic heterocycles. The highest BCUT2D eigenvalue weighted by Gasteiger charge is 2.22. The Balaban J connectivity index is 1.43. The van der Waals surface area contributed by atoms with Crippen LogP contribution < -0.4 is 4.74 Å². The minimum Gasteiger partial charge on any atom is -0.490 e. The van der Waals surface area contributed by atoms with Crippen LogP contribution in [0.25, 0.3) is 11.4 Å². The number of nitriles is 1. The highest BCUT2D eigenvalue weighted by Crippen LogP contribution is 2.24. The van der Waals surface area contributed by atoms with Crippen molar-refractivity contribution in [1.29, 1.82) is 5.26 Å². The molecule has 4 rings (SSSR count). The predicted octanol–water partition coefficient (Wildman–Crippen LogP) is 4.42. The van der Waals surface area contributed by atoms with Crippen molar-refractivity contribution in [2.24, 2.45) is 5.10 Å². The molecule has 0 atom stereocenters. The van der Waals surface area contributed by atoms with Crippen molar-refractivity contribution in [3.63, 3.8) is 0 Å². The molecule has 0 unspecified atom stereocenters. The van der Waals surface area contributed by atoms with Gasteiger partial charge in [0.1, 0.15) is 0 Å². The summed E-state index contributed by atoms with van der Waals surface area (Å²) in [5.74, 6) is 1.73. The van der Waals surface area contributed by atoms with E-state index in [0.717, 1.165) is 35.4 Å². The SMILES string of the molecule is CN(C)CCCOc1cnc(-c2cccc(CN3N=C(c4ccc(C#N)cc4)CSC3=O)c2)nc1. The third-order valence-corrected chi connectivity index (χ3v) is 6.17. The molecule has 1 aliphatic heterocycles. The number of hydrogen-bond donors (Lipinski definition) is 0. The van der Waals surface area contributed by atoms with Crippen molar-refractivity contribution in [2.75, 3.05) is 33.0 Å². The van der Waals surface area contributed by atoms with Gasteiger partial charge in [-0.2, -0.15) is 10.4 Å². The lowest BCUT2D eigenvalue weighted by molar-refractivity contribution is 0.222. The number of aromatic nitrogens is 2. The van der Waals surface area contributed by atoms with Crippen molar-refractivity contribution < 1.29 is 9.53 Å². The van der Waals surface area contributed by atoms with E-state index in [1.165, 1.54) is 16.8 Å². The topological polar surface area (TPSA) is 94.7 Å². The van der Waals surface area contributed by atoms with Crippen LogP contribution in [0.1, 0.15) is 23.1 Å². The van der Waals surface area contributed by atoms with E-state index >= 15 is 0 Å². The van der Waals surface area contributed by atoms with Crippen LogP contribution in [-0.2, 0) is 6.54 Å². The molecule has 178 valence electrons. The van der Waals surface area contributed by atoms with Gasteiger partial charge in [0.25, 0.3) is 0 Å². The number of amides is 1. The third kappa shape index (κ3) is 6.66. The van der Waals surface area contributed by atoms with Gasteiger partial charge in [-0.05, 0) is 49.8 Å². The standard InChI is InChI=1S/C26H26N6O2S/c1-31(2)11-4-12-34-23-15-28-25(29-16-23)22-6-3-5-20(13-22)17-32-26(33)35-18-24(30-32)21-9-7-19(14-27)8-10-21/h3,5-10,13,15-16H,4,11-12,17-18H2,1-2H3. The maximum atomic E-state index is 12.5. The molecule has 1 aliphatic rings. The zero-order valence-corrected chi connectivity index (χ0v) is 20.5. The normalized spacial score (nSPS) is 13.5. The van der Waals surface area contributed by atoms with Crippen LogP contribution in [-0.4, -0.2) is 63.8 Å². The Labute approximate surface area is 209 Å². The second-order valence-corrected chi connectivity index (χ2v) is 9.22. The Bertz CT molecular complexity index is 1240. The molecule has 8 nitrogen and oxygen atoms in total. The third-order valence-electron chi connectivity index (χ3n) is 5.30. The van der Waals surface area contributed by atoms with Gasteiger partial charge in [0.05, 0.1) is 42.9 Å². The summed E-state index contributed by atoms with van der Waals surface area (Å²) in [5.41, 5.74) is 4.08. The van der Waals surface area contributed by atoms with Crippen molar-refractivity contribution in [2.45, 2.75) is 13.0 Å². The Morgan fingerprint density at radius 1 is 1.11 bits per heavy atom. The van der Waals surface area contributed by atoms with Crippen LogP contribution in [0.5, 0.6) is 5.75 Å². The van der Waals surface area contributed by atoms with Gasteiger partial charge < -0.3 is 9.64 Å². The average Bonchev–Trinajstić information content (AvgIpc) is 2.88. The van der Waals surface area contributed by atoms with E-state index in [4.69, 9.17) is 10.00 Å². The van der Waals surface area contributed by atoms with Crippen molar-refractivity contribution in [1.82, 2.24) is 19.9 Å². The number of rotatable bonds is 9. The summed E-state index contributed by atoms with van der Waals surface area (Å²) in [4.78, 5) is 23.5. The van der Waals surface area contributed by atoms with E-state index in [2.05, 4.69) is 26.0 Å². The fourth-order valence-corrected chi connectivity index (χ4v) is 4.23. The zero-order chi connectivity index (χ0) is 24.6. The van der Waals surface area contributed by atoms with Crippen LogP contribution in [0, 0.1) is 11.3 Å². The second-order valence-electron chi connectivity index (χ2n) is 8.30.